The van der Waals surface area contributed by atoms with Crippen LogP contribution in [-0.2, 0) is 10.2 Å². The van der Waals surface area contributed by atoms with Crippen molar-refractivity contribution in [2.24, 2.45) is 0 Å². The average molecular weight is 245 g/mol. The van der Waals surface area contributed by atoms with Gasteiger partial charge >= 0.3 is 0 Å². The third kappa shape index (κ3) is 3.44. The normalized spacial score (nSPS) is 17.8. The van der Waals surface area contributed by atoms with Gasteiger partial charge in [0.05, 0.1) is 6.07 Å². The summed E-state index contributed by atoms with van der Waals surface area (Å²) in [5.74, 6) is 0. The van der Waals surface area contributed by atoms with Crippen LogP contribution in [0.2, 0.25) is 0 Å². The monoisotopic (exact) mass is 245 g/mol. The van der Waals surface area contributed by atoms with Gasteiger partial charge < -0.3 is 0 Å². The second kappa shape index (κ2) is 6.18. The van der Waals surface area contributed by atoms with Gasteiger partial charge in [-0.05, 0) is 19.3 Å². The summed E-state index contributed by atoms with van der Waals surface area (Å²) < 4.78 is 27.7. The number of hydrogen-bond acceptors (Lipinski definition) is 3. The molecule has 0 aromatic carbocycles. The minimum atomic E-state index is -3.47. The summed E-state index contributed by atoms with van der Waals surface area (Å²) in [4.78, 5) is 0. The van der Waals surface area contributed by atoms with Crippen LogP contribution in [0.4, 0.5) is 0 Å². The van der Waals surface area contributed by atoms with E-state index in [1.54, 1.807) is 0 Å². The largest absolute Gasteiger partial charge is 0.280 e. The highest BCUT2D eigenvalue weighted by atomic mass is 32.2. The standard InChI is InChI=1S/C10H19N3O2S/c1-2-8-12-16(14,15)13(9-7-11)10-5-3-4-6-10/h10,12H,2-6,8-9H2,1H3. The molecule has 0 aromatic rings. The molecule has 0 bridgehead atoms. The van der Waals surface area contributed by atoms with E-state index in [1.165, 1.54) is 4.31 Å². The molecule has 0 heterocycles. The fourth-order valence-corrected chi connectivity index (χ4v) is 3.45. The van der Waals surface area contributed by atoms with E-state index in [4.69, 9.17) is 5.26 Å². The van der Waals surface area contributed by atoms with Gasteiger partial charge in [-0.2, -0.15) is 18.0 Å². The molecule has 0 aliphatic heterocycles. The fourth-order valence-electron chi connectivity index (χ4n) is 1.99. The second-order valence-corrected chi connectivity index (χ2v) is 5.75. The topological polar surface area (TPSA) is 73.2 Å². The van der Waals surface area contributed by atoms with Gasteiger partial charge in [-0.1, -0.05) is 19.8 Å². The lowest BCUT2D eigenvalue weighted by molar-refractivity contribution is 0.344. The van der Waals surface area contributed by atoms with E-state index in [9.17, 15) is 8.42 Å². The number of nitriles is 1. The maximum atomic E-state index is 11.9. The first-order chi connectivity index (χ1) is 7.61. The van der Waals surface area contributed by atoms with Gasteiger partial charge in [-0.15, -0.1) is 0 Å². The zero-order valence-electron chi connectivity index (χ0n) is 9.65. The molecule has 92 valence electrons. The number of nitrogens with zero attached hydrogens (tertiary/aromatic N) is 2. The van der Waals surface area contributed by atoms with Gasteiger partial charge in [0.2, 0.25) is 0 Å². The van der Waals surface area contributed by atoms with Crippen molar-refractivity contribution in [1.82, 2.24) is 9.03 Å². The zero-order valence-corrected chi connectivity index (χ0v) is 10.5. The van der Waals surface area contributed by atoms with Gasteiger partial charge in [0, 0.05) is 12.6 Å². The van der Waals surface area contributed by atoms with E-state index in [0.717, 1.165) is 32.1 Å². The average Bonchev–Trinajstić information content (AvgIpc) is 2.76. The quantitative estimate of drug-likeness (QED) is 0.709. The predicted octanol–water partition coefficient (Wildman–Crippen LogP) is 0.999. The van der Waals surface area contributed by atoms with Gasteiger partial charge in [0.1, 0.15) is 6.54 Å². The van der Waals surface area contributed by atoms with Crippen LogP contribution in [0.25, 0.3) is 0 Å². The molecule has 0 radical (unpaired) electrons. The minimum Gasteiger partial charge on any atom is -0.202 e. The smallest absolute Gasteiger partial charge is 0.202 e. The Bertz CT molecular complexity index is 342. The molecule has 1 N–H and O–H groups in total. The van der Waals surface area contributed by atoms with E-state index < -0.39 is 10.2 Å². The first kappa shape index (κ1) is 13.4. The molecule has 16 heavy (non-hydrogen) atoms. The maximum Gasteiger partial charge on any atom is 0.280 e. The Balaban J connectivity index is 2.71. The number of nitrogens with one attached hydrogen (secondary N) is 1. The van der Waals surface area contributed by atoms with Crippen molar-refractivity contribution in [2.75, 3.05) is 13.1 Å². The Morgan fingerprint density at radius 1 is 1.44 bits per heavy atom. The molecule has 0 unspecified atom stereocenters. The molecule has 1 aliphatic rings. The highest BCUT2D eigenvalue weighted by Crippen LogP contribution is 2.24. The molecule has 0 spiro atoms. The summed E-state index contributed by atoms with van der Waals surface area (Å²) >= 11 is 0. The highest BCUT2D eigenvalue weighted by Gasteiger charge is 2.31. The van der Waals surface area contributed by atoms with Crippen LogP contribution >= 0.6 is 0 Å². The van der Waals surface area contributed by atoms with Crippen LogP contribution in [0.3, 0.4) is 0 Å². The number of rotatable bonds is 6. The lowest BCUT2D eigenvalue weighted by Crippen LogP contribution is -2.46. The van der Waals surface area contributed by atoms with Crippen molar-refractivity contribution in [1.29, 1.82) is 5.26 Å². The third-order valence-corrected chi connectivity index (χ3v) is 4.42. The minimum absolute atomic E-state index is 0.00834. The van der Waals surface area contributed by atoms with E-state index in [0.29, 0.717) is 6.54 Å². The van der Waals surface area contributed by atoms with Gasteiger partial charge in [0.15, 0.2) is 0 Å². The van der Waals surface area contributed by atoms with E-state index in [1.807, 2.05) is 13.0 Å². The van der Waals surface area contributed by atoms with Crippen LogP contribution in [0.5, 0.6) is 0 Å². The Hall–Kier alpha value is -0.640. The highest BCUT2D eigenvalue weighted by molar-refractivity contribution is 7.87. The van der Waals surface area contributed by atoms with E-state index in [2.05, 4.69) is 4.72 Å². The van der Waals surface area contributed by atoms with Crippen molar-refractivity contribution in [2.45, 2.75) is 45.1 Å². The van der Waals surface area contributed by atoms with Crippen molar-refractivity contribution in [3.63, 3.8) is 0 Å². The molecular formula is C10H19N3O2S. The van der Waals surface area contributed by atoms with Crippen LogP contribution in [0.1, 0.15) is 39.0 Å². The first-order valence-electron chi connectivity index (χ1n) is 5.75. The SMILES string of the molecule is CCCNS(=O)(=O)N(CC#N)C1CCCC1. The third-order valence-electron chi connectivity index (χ3n) is 2.80. The van der Waals surface area contributed by atoms with Crippen LogP contribution in [0.15, 0.2) is 0 Å². The molecule has 0 aromatic heterocycles. The second-order valence-electron chi connectivity index (χ2n) is 4.04. The summed E-state index contributed by atoms with van der Waals surface area (Å²) in [5.41, 5.74) is 0. The lowest BCUT2D eigenvalue weighted by atomic mass is 10.2. The summed E-state index contributed by atoms with van der Waals surface area (Å²) in [5, 5.41) is 8.70. The zero-order chi connectivity index (χ0) is 12.0. The molecular weight excluding hydrogens is 226 g/mol. The van der Waals surface area contributed by atoms with Gasteiger partial charge in [0.25, 0.3) is 10.2 Å². The Morgan fingerprint density at radius 2 is 2.06 bits per heavy atom. The Kier molecular flexibility index (Phi) is 5.19. The van der Waals surface area contributed by atoms with Crippen molar-refractivity contribution in [3.05, 3.63) is 0 Å². The molecule has 0 saturated heterocycles. The first-order valence-corrected chi connectivity index (χ1v) is 7.19. The molecule has 1 aliphatic carbocycles. The van der Waals surface area contributed by atoms with E-state index in [-0.39, 0.29) is 12.6 Å². The predicted molar refractivity (Wildman–Crippen MR) is 61.8 cm³/mol. The van der Waals surface area contributed by atoms with Crippen molar-refractivity contribution < 1.29 is 8.42 Å². The summed E-state index contributed by atoms with van der Waals surface area (Å²) in [6, 6.07) is 1.94. The summed E-state index contributed by atoms with van der Waals surface area (Å²) in [6.45, 7) is 2.29. The van der Waals surface area contributed by atoms with Crippen molar-refractivity contribution in [3.8, 4) is 6.07 Å². The molecule has 1 saturated carbocycles. The van der Waals surface area contributed by atoms with Crippen LogP contribution in [0, 0.1) is 11.3 Å². The molecule has 6 heteroatoms. The van der Waals surface area contributed by atoms with E-state index >= 15 is 0 Å². The Labute approximate surface area is 97.6 Å². The summed E-state index contributed by atoms with van der Waals surface area (Å²) in [7, 11) is -3.47. The van der Waals surface area contributed by atoms with Gasteiger partial charge in [-0.3, -0.25) is 0 Å². The molecule has 1 rings (SSSR count). The molecule has 0 atom stereocenters. The number of hydrogen-bond donors (Lipinski definition) is 1. The maximum absolute atomic E-state index is 11.9. The lowest BCUT2D eigenvalue weighted by Gasteiger charge is -2.25. The summed E-state index contributed by atoms with van der Waals surface area (Å²) in [6.07, 6.45) is 4.60. The molecule has 0 amide bonds. The van der Waals surface area contributed by atoms with Gasteiger partial charge in [-0.25, -0.2) is 4.72 Å². The van der Waals surface area contributed by atoms with Crippen LogP contribution in [-0.4, -0.2) is 31.9 Å². The molecule has 1 fully saturated rings. The Morgan fingerprint density at radius 3 is 2.56 bits per heavy atom. The molecule has 5 nitrogen and oxygen atoms in total. The fraction of sp³-hybridized carbons (Fsp3) is 0.900. The van der Waals surface area contributed by atoms with Crippen molar-refractivity contribution >= 4 is 10.2 Å². The van der Waals surface area contributed by atoms with Crippen LogP contribution < -0.4 is 4.72 Å².